The van der Waals surface area contributed by atoms with Gasteiger partial charge in [0.1, 0.15) is 11.3 Å². The van der Waals surface area contributed by atoms with Gasteiger partial charge in [0.25, 0.3) is 0 Å². The van der Waals surface area contributed by atoms with Crippen molar-refractivity contribution in [3.63, 3.8) is 0 Å². The predicted molar refractivity (Wildman–Crippen MR) is 115 cm³/mol. The van der Waals surface area contributed by atoms with Crippen molar-refractivity contribution < 1.29 is 13.9 Å². The average molecular weight is 409 g/mol. The molecule has 8 nitrogen and oxygen atoms in total. The van der Waals surface area contributed by atoms with E-state index in [0.29, 0.717) is 5.88 Å². The number of hydrogen-bond acceptors (Lipinski definition) is 7. The summed E-state index contributed by atoms with van der Waals surface area (Å²) in [6.07, 6.45) is 3.33. The summed E-state index contributed by atoms with van der Waals surface area (Å²) >= 11 is 0. The number of fused-ring (bicyclic) bond motifs is 1. The molecule has 158 valence electrons. The van der Waals surface area contributed by atoms with Crippen LogP contribution in [0, 0.1) is 0 Å². The Balaban J connectivity index is 1.33. The lowest BCUT2D eigenvalue weighted by molar-refractivity contribution is -0.126. The molecule has 0 radical (unpaired) electrons. The number of rotatable bonds is 6. The Bertz CT molecular complexity index is 980. The Kier molecular flexibility index (Phi) is 5.85. The summed E-state index contributed by atoms with van der Waals surface area (Å²) in [6, 6.07) is 9.42. The Morgan fingerprint density at radius 3 is 2.67 bits per heavy atom. The molecule has 2 aromatic heterocycles. The molecule has 1 aliphatic rings. The highest BCUT2D eigenvalue weighted by Crippen LogP contribution is 2.24. The number of furan rings is 1. The molecule has 0 spiro atoms. The first-order chi connectivity index (χ1) is 14.5. The van der Waals surface area contributed by atoms with E-state index >= 15 is 0 Å². The van der Waals surface area contributed by atoms with E-state index in [1.807, 2.05) is 44.2 Å². The third kappa shape index (κ3) is 4.23. The third-order valence-corrected chi connectivity index (χ3v) is 5.60. The predicted octanol–water partition coefficient (Wildman–Crippen LogP) is 2.62. The molecule has 1 aromatic carbocycles. The third-order valence-electron chi connectivity index (χ3n) is 5.60. The molecule has 1 amide bonds. The minimum Gasteiger partial charge on any atom is -0.480 e. The molecule has 3 heterocycles. The number of carbonyl (C=O) groups is 1. The smallest absolute Gasteiger partial charge is 0.237 e. The van der Waals surface area contributed by atoms with Crippen molar-refractivity contribution in [3.8, 4) is 5.88 Å². The molecule has 2 unspecified atom stereocenters. The van der Waals surface area contributed by atoms with Gasteiger partial charge in [-0.05, 0) is 26.0 Å². The topological polar surface area (TPSA) is 83.7 Å². The number of amides is 1. The van der Waals surface area contributed by atoms with E-state index in [0.717, 1.165) is 48.7 Å². The molecule has 8 heteroatoms. The molecular formula is C22H27N5O3. The molecule has 1 aliphatic heterocycles. The van der Waals surface area contributed by atoms with Crippen LogP contribution in [0.15, 0.2) is 47.1 Å². The second-order valence-electron chi connectivity index (χ2n) is 7.54. The van der Waals surface area contributed by atoms with Crippen LogP contribution >= 0.6 is 0 Å². The molecule has 3 aromatic rings. The Morgan fingerprint density at radius 2 is 1.93 bits per heavy atom. The van der Waals surface area contributed by atoms with Gasteiger partial charge in [-0.25, -0.2) is 0 Å². The first-order valence-corrected chi connectivity index (χ1v) is 10.2. The molecule has 2 atom stereocenters. The van der Waals surface area contributed by atoms with E-state index in [9.17, 15) is 4.79 Å². The molecule has 4 rings (SSSR count). The number of nitrogens with one attached hydrogen (secondary N) is 1. The Hall–Kier alpha value is -3.13. The lowest BCUT2D eigenvalue weighted by atomic mass is 10.1. The van der Waals surface area contributed by atoms with Gasteiger partial charge in [-0.1, -0.05) is 18.2 Å². The molecule has 1 N–H and O–H groups in total. The van der Waals surface area contributed by atoms with E-state index in [-0.39, 0.29) is 18.0 Å². The van der Waals surface area contributed by atoms with E-state index in [1.54, 1.807) is 19.5 Å². The average Bonchev–Trinajstić information content (AvgIpc) is 3.23. The van der Waals surface area contributed by atoms with Gasteiger partial charge in [-0.15, -0.1) is 0 Å². The zero-order chi connectivity index (χ0) is 21.1. The van der Waals surface area contributed by atoms with Crippen LogP contribution < -0.4 is 15.0 Å². The molecule has 0 saturated carbocycles. The van der Waals surface area contributed by atoms with Crippen LogP contribution in [0.25, 0.3) is 11.0 Å². The highest BCUT2D eigenvalue weighted by atomic mass is 16.5. The van der Waals surface area contributed by atoms with Crippen LogP contribution in [-0.2, 0) is 4.79 Å². The van der Waals surface area contributed by atoms with Gasteiger partial charge in [-0.2, -0.15) is 4.98 Å². The number of carbonyl (C=O) groups excluding carboxylic acids is 1. The molecule has 30 heavy (non-hydrogen) atoms. The van der Waals surface area contributed by atoms with Crippen LogP contribution in [0.4, 0.5) is 5.82 Å². The zero-order valence-electron chi connectivity index (χ0n) is 17.5. The van der Waals surface area contributed by atoms with Crippen LogP contribution in [0.1, 0.15) is 25.6 Å². The summed E-state index contributed by atoms with van der Waals surface area (Å²) in [5.74, 6) is 2.06. The summed E-state index contributed by atoms with van der Waals surface area (Å²) < 4.78 is 11.0. The van der Waals surface area contributed by atoms with E-state index < -0.39 is 0 Å². The molecule has 0 aliphatic carbocycles. The van der Waals surface area contributed by atoms with Crippen molar-refractivity contribution in [3.05, 3.63) is 48.5 Å². The number of hydrogen-bond donors (Lipinski definition) is 1. The lowest BCUT2D eigenvalue weighted by Crippen LogP contribution is -2.54. The van der Waals surface area contributed by atoms with Crippen molar-refractivity contribution in [1.82, 2.24) is 20.2 Å². The van der Waals surface area contributed by atoms with Crippen molar-refractivity contribution in [2.75, 3.05) is 38.2 Å². The molecular weight excluding hydrogens is 382 g/mol. The number of aromatic nitrogens is 2. The van der Waals surface area contributed by atoms with Crippen molar-refractivity contribution in [2.24, 2.45) is 0 Å². The summed E-state index contributed by atoms with van der Waals surface area (Å²) in [6.45, 7) is 6.99. The summed E-state index contributed by atoms with van der Waals surface area (Å²) in [4.78, 5) is 25.8. The van der Waals surface area contributed by atoms with Gasteiger partial charge >= 0.3 is 0 Å². The number of ether oxygens (including phenoxy) is 1. The SMILES string of the molecule is COc1cncc(N2CCN(C(C)C(=O)NC(C)c3cc4ccccc4o3)CC2)n1. The number of anilines is 1. The monoisotopic (exact) mass is 409 g/mol. The van der Waals surface area contributed by atoms with Crippen LogP contribution in [0.2, 0.25) is 0 Å². The molecule has 1 saturated heterocycles. The summed E-state index contributed by atoms with van der Waals surface area (Å²) in [5, 5.41) is 4.13. The van der Waals surface area contributed by atoms with Gasteiger partial charge in [-0.3, -0.25) is 14.7 Å². The first-order valence-electron chi connectivity index (χ1n) is 10.2. The van der Waals surface area contributed by atoms with E-state index in [2.05, 4.69) is 25.1 Å². The highest BCUT2D eigenvalue weighted by molar-refractivity contribution is 5.82. The van der Waals surface area contributed by atoms with Gasteiger partial charge < -0.3 is 19.4 Å². The van der Waals surface area contributed by atoms with Crippen molar-refractivity contribution in [2.45, 2.75) is 25.9 Å². The maximum Gasteiger partial charge on any atom is 0.237 e. The minimum atomic E-state index is -0.227. The van der Waals surface area contributed by atoms with E-state index in [1.165, 1.54) is 0 Å². The van der Waals surface area contributed by atoms with Gasteiger partial charge in [0, 0.05) is 31.6 Å². The van der Waals surface area contributed by atoms with Crippen molar-refractivity contribution >= 4 is 22.7 Å². The lowest BCUT2D eigenvalue weighted by Gasteiger charge is -2.38. The number of benzene rings is 1. The summed E-state index contributed by atoms with van der Waals surface area (Å²) in [5.41, 5.74) is 0.832. The number of piperazine rings is 1. The van der Waals surface area contributed by atoms with Crippen LogP contribution in [0.3, 0.4) is 0 Å². The largest absolute Gasteiger partial charge is 0.480 e. The maximum absolute atomic E-state index is 12.8. The fourth-order valence-electron chi connectivity index (χ4n) is 3.71. The highest BCUT2D eigenvalue weighted by Gasteiger charge is 2.27. The second-order valence-corrected chi connectivity index (χ2v) is 7.54. The van der Waals surface area contributed by atoms with Gasteiger partial charge in [0.2, 0.25) is 11.8 Å². The number of para-hydroxylation sites is 1. The fraction of sp³-hybridized carbons (Fsp3) is 0.409. The van der Waals surface area contributed by atoms with Gasteiger partial charge in [0.15, 0.2) is 5.82 Å². The number of nitrogens with zero attached hydrogens (tertiary/aromatic N) is 4. The van der Waals surface area contributed by atoms with Crippen molar-refractivity contribution in [1.29, 1.82) is 0 Å². The molecule has 0 bridgehead atoms. The molecule has 1 fully saturated rings. The normalized spacial score (nSPS) is 17.0. The Morgan fingerprint density at radius 1 is 1.17 bits per heavy atom. The maximum atomic E-state index is 12.8. The minimum absolute atomic E-state index is 0.00224. The fourth-order valence-corrected chi connectivity index (χ4v) is 3.71. The summed E-state index contributed by atoms with van der Waals surface area (Å²) in [7, 11) is 1.58. The standard InChI is InChI=1S/C22H27N5O3/c1-15(19-12-17-6-4-5-7-18(17)30-19)24-22(28)16(2)26-8-10-27(11-9-26)20-13-23-14-21(25-20)29-3/h4-7,12-16H,8-11H2,1-3H3,(H,24,28). The quantitative estimate of drug-likeness (QED) is 0.670. The first kappa shape index (κ1) is 20.2. The van der Waals surface area contributed by atoms with E-state index in [4.69, 9.17) is 9.15 Å². The number of methoxy groups -OCH3 is 1. The second kappa shape index (κ2) is 8.71. The Labute approximate surface area is 175 Å². The van der Waals surface area contributed by atoms with Crippen LogP contribution in [-0.4, -0.2) is 60.1 Å². The van der Waals surface area contributed by atoms with Crippen LogP contribution in [0.5, 0.6) is 5.88 Å². The zero-order valence-corrected chi connectivity index (χ0v) is 17.5. The van der Waals surface area contributed by atoms with Gasteiger partial charge in [0.05, 0.1) is 31.6 Å².